The van der Waals surface area contributed by atoms with Gasteiger partial charge in [0, 0.05) is 31.0 Å². The third-order valence-corrected chi connectivity index (χ3v) is 2.44. The number of nitrogen functional groups attached to an aromatic ring is 1. The van der Waals surface area contributed by atoms with Crippen LogP contribution in [0.5, 0.6) is 0 Å². The van der Waals surface area contributed by atoms with Gasteiger partial charge in [-0.1, -0.05) is 0 Å². The van der Waals surface area contributed by atoms with E-state index in [1.807, 2.05) is 13.2 Å². The van der Waals surface area contributed by atoms with E-state index in [4.69, 9.17) is 5.73 Å². The second-order valence-corrected chi connectivity index (χ2v) is 4.06. The Morgan fingerprint density at radius 3 is 2.79 bits per heavy atom. The zero-order chi connectivity index (χ0) is 13.0. The highest BCUT2D eigenvalue weighted by molar-refractivity contribution is 5.85. The fourth-order valence-electron chi connectivity index (χ4n) is 1.53. The van der Waals surface area contributed by atoms with Crippen molar-refractivity contribution in [3.63, 3.8) is 0 Å². The van der Waals surface area contributed by atoms with E-state index >= 15 is 0 Å². The predicted octanol–water partition coefficient (Wildman–Crippen LogP) is 0.678. The number of aromatic nitrogens is 3. The molecule has 0 aliphatic heterocycles. The molecule has 0 fully saturated rings. The highest BCUT2D eigenvalue weighted by Gasteiger charge is 2.05. The molecule has 2 aromatic rings. The molecule has 2 heterocycles. The number of anilines is 1. The molecule has 0 saturated carbocycles. The van der Waals surface area contributed by atoms with Gasteiger partial charge in [-0.25, -0.2) is 0 Å². The van der Waals surface area contributed by atoms with Gasteiger partial charge >= 0.3 is 0 Å². The number of pyridine rings is 1. The van der Waals surface area contributed by atoms with E-state index in [9.17, 15) is 4.79 Å². The lowest BCUT2D eigenvalue weighted by Crippen LogP contribution is -2.24. The Bertz CT molecular complexity index is 537. The van der Waals surface area contributed by atoms with Crippen LogP contribution in [-0.2, 0) is 24.8 Å². The summed E-state index contributed by atoms with van der Waals surface area (Å²) in [5.41, 5.74) is 7.78. The number of halogens is 1. The van der Waals surface area contributed by atoms with E-state index in [0.717, 1.165) is 5.56 Å². The van der Waals surface area contributed by atoms with E-state index in [1.54, 1.807) is 29.2 Å². The first-order valence-corrected chi connectivity index (χ1v) is 5.58. The molecule has 0 unspecified atom stereocenters. The van der Waals surface area contributed by atoms with E-state index in [0.29, 0.717) is 17.9 Å². The van der Waals surface area contributed by atoms with Gasteiger partial charge in [0.15, 0.2) is 0 Å². The summed E-state index contributed by atoms with van der Waals surface area (Å²) in [4.78, 5) is 15.7. The maximum Gasteiger partial charge on any atom is 0.226 e. The molecule has 2 aromatic heterocycles. The number of nitrogens with one attached hydrogen (secondary N) is 1. The summed E-state index contributed by atoms with van der Waals surface area (Å²) < 4.78 is 1.70. The highest BCUT2D eigenvalue weighted by atomic mass is 35.5. The fraction of sp³-hybridized carbons (Fsp3) is 0.250. The van der Waals surface area contributed by atoms with Crippen LogP contribution < -0.4 is 11.1 Å². The van der Waals surface area contributed by atoms with Crippen LogP contribution in [0.4, 0.5) is 5.69 Å². The number of hydrogen-bond donors (Lipinski definition) is 2. The quantitative estimate of drug-likeness (QED) is 0.863. The summed E-state index contributed by atoms with van der Waals surface area (Å²) >= 11 is 0. The first kappa shape index (κ1) is 15.0. The van der Waals surface area contributed by atoms with Gasteiger partial charge in [0.05, 0.1) is 24.5 Å². The van der Waals surface area contributed by atoms with Crippen LogP contribution in [0.15, 0.2) is 30.7 Å². The van der Waals surface area contributed by atoms with Gasteiger partial charge < -0.3 is 11.1 Å². The fourth-order valence-corrected chi connectivity index (χ4v) is 1.53. The van der Waals surface area contributed by atoms with E-state index < -0.39 is 0 Å². The van der Waals surface area contributed by atoms with E-state index in [1.165, 1.54) is 0 Å². The second kappa shape index (κ2) is 6.75. The van der Waals surface area contributed by atoms with Gasteiger partial charge in [-0.05, 0) is 12.1 Å². The van der Waals surface area contributed by atoms with Gasteiger partial charge in [0.25, 0.3) is 0 Å². The molecule has 2 rings (SSSR count). The van der Waals surface area contributed by atoms with Crippen LogP contribution >= 0.6 is 12.4 Å². The molecule has 0 spiro atoms. The van der Waals surface area contributed by atoms with Gasteiger partial charge in [0.2, 0.25) is 5.91 Å². The lowest BCUT2D eigenvalue weighted by atomic mass is 10.2. The molecule has 0 bridgehead atoms. The molecular formula is C12H16ClN5O. The number of amides is 1. The second-order valence-electron chi connectivity index (χ2n) is 4.06. The number of hydrogen-bond acceptors (Lipinski definition) is 4. The average molecular weight is 282 g/mol. The molecule has 6 nitrogen and oxygen atoms in total. The molecule has 3 N–H and O–H groups in total. The standard InChI is InChI=1S/C12H15N5O.ClH/c1-17-8-9(6-16-17)5-15-12(18)4-11-3-2-10(13)7-14-11;/h2-3,6-8H,4-5,13H2,1H3,(H,15,18);1H. The summed E-state index contributed by atoms with van der Waals surface area (Å²) in [6.45, 7) is 0.474. The molecule has 7 heteroatoms. The Morgan fingerprint density at radius 2 is 2.21 bits per heavy atom. The summed E-state index contributed by atoms with van der Waals surface area (Å²) in [6, 6.07) is 3.48. The third-order valence-electron chi connectivity index (χ3n) is 2.44. The molecule has 0 atom stereocenters. The van der Waals surface area contributed by atoms with Crippen LogP contribution in [0, 0.1) is 0 Å². The molecule has 19 heavy (non-hydrogen) atoms. The first-order valence-electron chi connectivity index (χ1n) is 5.58. The maximum atomic E-state index is 11.7. The lowest BCUT2D eigenvalue weighted by molar-refractivity contribution is -0.120. The van der Waals surface area contributed by atoms with Crippen LogP contribution in [0.1, 0.15) is 11.3 Å². The van der Waals surface area contributed by atoms with Crippen molar-refractivity contribution in [1.82, 2.24) is 20.1 Å². The van der Waals surface area contributed by atoms with Crippen molar-refractivity contribution in [3.05, 3.63) is 42.0 Å². The van der Waals surface area contributed by atoms with Crippen molar-refractivity contribution in [2.75, 3.05) is 5.73 Å². The predicted molar refractivity (Wildman–Crippen MR) is 74.7 cm³/mol. The first-order chi connectivity index (χ1) is 8.63. The number of carbonyl (C=O) groups is 1. The van der Waals surface area contributed by atoms with Gasteiger partial charge in [-0.3, -0.25) is 14.5 Å². The number of nitrogens with two attached hydrogens (primary N) is 1. The maximum absolute atomic E-state index is 11.7. The zero-order valence-electron chi connectivity index (χ0n) is 10.5. The van der Waals surface area contributed by atoms with E-state index in [2.05, 4.69) is 15.4 Å². The molecular weight excluding hydrogens is 266 g/mol. The summed E-state index contributed by atoms with van der Waals surface area (Å²) in [5.74, 6) is -0.0730. The minimum Gasteiger partial charge on any atom is -0.397 e. The topological polar surface area (TPSA) is 85.8 Å². The molecule has 0 radical (unpaired) electrons. The minimum absolute atomic E-state index is 0. The van der Waals surface area contributed by atoms with Crippen LogP contribution in [0.2, 0.25) is 0 Å². The molecule has 0 aromatic carbocycles. The van der Waals surface area contributed by atoms with Crippen LogP contribution in [-0.4, -0.2) is 20.7 Å². The van der Waals surface area contributed by atoms with Gasteiger partial charge in [-0.2, -0.15) is 5.10 Å². The largest absolute Gasteiger partial charge is 0.397 e. The molecule has 102 valence electrons. The Labute approximate surface area is 117 Å². The lowest BCUT2D eigenvalue weighted by Gasteiger charge is -2.03. The number of rotatable bonds is 4. The molecule has 1 amide bonds. The number of nitrogens with zero attached hydrogens (tertiary/aromatic N) is 3. The highest BCUT2D eigenvalue weighted by Crippen LogP contribution is 2.02. The van der Waals surface area contributed by atoms with Gasteiger partial charge in [0.1, 0.15) is 0 Å². The molecule has 0 saturated heterocycles. The summed E-state index contributed by atoms with van der Waals surface area (Å²) in [5, 5.41) is 6.84. The normalized spacial score (nSPS) is 9.74. The summed E-state index contributed by atoms with van der Waals surface area (Å²) in [7, 11) is 1.84. The van der Waals surface area contributed by atoms with Crippen LogP contribution in [0.3, 0.4) is 0 Å². The third kappa shape index (κ3) is 4.59. The smallest absolute Gasteiger partial charge is 0.226 e. The Morgan fingerprint density at radius 1 is 1.42 bits per heavy atom. The molecule has 0 aliphatic carbocycles. The number of aryl methyl sites for hydroxylation is 1. The van der Waals surface area contributed by atoms with Crippen molar-refractivity contribution in [2.45, 2.75) is 13.0 Å². The minimum atomic E-state index is -0.0730. The van der Waals surface area contributed by atoms with Crippen molar-refractivity contribution >= 4 is 24.0 Å². The Hall–Kier alpha value is -2.08. The van der Waals surface area contributed by atoms with E-state index in [-0.39, 0.29) is 24.7 Å². The monoisotopic (exact) mass is 281 g/mol. The molecule has 0 aliphatic rings. The SMILES string of the molecule is Cl.Cn1cc(CNC(=O)Cc2ccc(N)cn2)cn1. The van der Waals surface area contributed by atoms with Crippen molar-refractivity contribution in [1.29, 1.82) is 0 Å². The average Bonchev–Trinajstić information content (AvgIpc) is 2.76. The Balaban J connectivity index is 0.00000180. The number of carbonyl (C=O) groups excluding carboxylic acids is 1. The van der Waals surface area contributed by atoms with Crippen molar-refractivity contribution in [2.24, 2.45) is 7.05 Å². The van der Waals surface area contributed by atoms with Gasteiger partial charge in [-0.15, -0.1) is 12.4 Å². The van der Waals surface area contributed by atoms with Crippen molar-refractivity contribution in [3.8, 4) is 0 Å². The van der Waals surface area contributed by atoms with Crippen LogP contribution in [0.25, 0.3) is 0 Å². The zero-order valence-corrected chi connectivity index (χ0v) is 11.4. The van der Waals surface area contributed by atoms with Crippen molar-refractivity contribution < 1.29 is 4.79 Å². The Kier molecular flexibility index (Phi) is 5.32. The summed E-state index contributed by atoms with van der Waals surface area (Å²) in [6.07, 6.45) is 5.38.